The van der Waals surface area contributed by atoms with Crippen molar-refractivity contribution < 1.29 is 4.79 Å². The summed E-state index contributed by atoms with van der Waals surface area (Å²) in [4.78, 5) is 14.6. The predicted molar refractivity (Wildman–Crippen MR) is 78.9 cm³/mol. The summed E-state index contributed by atoms with van der Waals surface area (Å²) in [6.45, 7) is 6.08. The van der Waals surface area contributed by atoms with E-state index in [2.05, 4.69) is 13.8 Å². The zero-order valence-corrected chi connectivity index (χ0v) is 11.9. The lowest BCUT2D eigenvalue weighted by molar-refractivity contribution is 0.0511. The molecule has 0 aromatic heterocycles. The van der Waals surface area contributed by atoms with Gasteiger partial charge in [-0.25, -0.2) is 0 Å². The lowest BCUT2D eigenvalue weighted by Crippen LogP contribution is -2.47. The van der Waals surface area contributed by atoms with Crippen LogP contribution in [0, 0.1) is 6.92 Å². The Bertz CT molecular complexity index is 465. The van der Waals surface area contributed by atoms with Gasteiger partial charge < -0.3 is 16.4 Å². The highest BCUT2D eigenvalue weighted by molar-refractivity contribution is 5.97. The number of hydrogen-bond acceptors (Lipinski definition) is 3. The molecule has 0 unspecified atom stereocenters. The molecule has 2 rings (SSSR count). The Kier molecular flexibility index (Phi) is 3.69. The van der Waals surface area contributed by atoms with Gasteiger partial charge in [0.2, 0.25) is 0 Å². The van der Waals surface area contributed by atoms with Gasteiger partial charge in [0.15, 0.2) is 0 Å². The second-order valence-corrected chi connectivity index (χ2v) is 5.62. The normalized spacial score (nSPS) is 23.4. The van der Waals surface area contributed by atoms with Crippen molar-refractivity contribution in [2.45, 2.75) is 52.1 Å². The second kappa shape index (κ2) is 5.11. The Labute approximate surface area is 114 Å². The van der Waals surface area contributed by atoms with E-state index in [-0.39, 0.29) is 18.0 Å². The van der Waals surface area contributed by atoms with Crippen molar-refractivity contribution in [1.82, 2.24) is 4.90 Å². The van der Waals surface area contributed by atoms with E-state index in [1.54, 1.807) is 12.1 Å². The second-order valence-electron chi connectivity index (χ2n) is 5.62. The minimum absolute atomic E-state index is 0.0399. The maximum absolute atomic E-state index is 12.7. The number of nitrogens with zero attached hydrogens (tertiary/aromatic N) is 1. The number of anilines is 2. The molecule has 1 aromatic carbocycles. The van der Waals surface area contributed by atoms with Gasteiger partial charge in [0.05, 0.1) is 0 Å². The molecular formula is C15H23N3O. The van der Waals surface area contributed by atoms with Crippen LogP contribution in [0.5, 0.6) is 0 Å². The number of piperidine rings is 1. The molecule has 4 nitrogen and oxygen atoms in total. The maximum Gasteiger partial charge on any atom is 0.254 e. The van der Waals surface area contributed by atoms with E-state index >= 15 is 0 Å². The predicted octanol–water partition coefficient (Wildman–Crippen LogP) is 2.56. The molecule has 1 aliphatic rings. The van der Waals surface area contributed by atoms with Gasteiger partial charge in [-0.05, 0) is 57.7 Å². The number of amides is 1. The van der Waals surface area contributed by atoms with Crippen LogP contribution in [-0.2, 0) is 0 Å². The first-order chi connectivity index (χ1) is 8.91. The highest BCUT2D eigenvalue weighted by Crippen LogP contribution is 2.27. The Hall–Kier alpha value is -1.71. The highest BCUT2D eigenvalue weighted by Gasteiger charge is 2.29. The van der Waals surface area contributed by atoms with Crippen molar-refractivity contribution in [3.8, 4) is 0 Å². The minimum Gasteiger partial charge on any atom is -0.398 e. The van der Waals surface area contributed by atoms with Gasteiger partial charge in [0.25, 0.3) is 5.91 Å². The van der Waals surface area contributed by atoms with Crippen molar-refractivity contribution in [2.75, 3.05) is 11.5 Å². The number of hydrogen-bond donors (Lipinski definition) is 2. The summed E-state index contributed by atoms with van der Waals surface area (Å²) in [6, 6.07) is 4.03. The summed E-state index contributed by atoms with van der Waals surface area (Å²) in [7, 11) is 0. The lowest BCUT2D eigenvalue weighted by Gasteiger charge is -2.39. The molecule has 104 valence electrons. The summed E-state index contributed by atoms with van der Waals surface area (Å²) in [5.74, 6) is 0.0399. The molecule has 2 atom stereocenters. The number of likely N-dealkylation sites (tertiary alicyclic amines) is 1. The number of nitrogen functional groups attached to an aromatic ring is 2. The van der Waals surface area contributed by atoms with Crippen LogP contribution in [0.15, 0.2) is 12.1 Å². The van der Waals surface area contributed by atoms with Crippen LogP contribution in [0.4, 0.5) is 11.4 Å². The summed E-state index contributed by atoms with van der Waals surface area (Å²) in [6.07, 6.45) is 3.31. The van der Waals surface area contributed by atoms with Gasteiger partial charge in [-0.2, -0.15) is 0 Å². The van der Waals surface area contributed by atoms with Crippen molar-refractivity contribution in [2.24, 2.45) is 0 Å². The van der Waals surface area contributed by atoms with E-state index in [1.807, 2.05) is 11.8 Å². The molecule has 0 aliphatic carbocycles. The molecule has 0 saturated carbocycles. The number of rotatable bonds is 1. The van der Waals surface area contributed by atoms with E-state index in [1.165, 1.54) is 6.42 Å². The summed E-state index contributed by atoms with van der Waals surface area (Å²) in [5.41, 5.74) is 14.4. The molecule has 1 saturated heterocycles. The van der Waals surface area contributed by atoms with Crippen LogP contribution >= 0.6 is 0 Å². The van der Waals surface area contributed by atoms with Gasteiger partial charge in [-0.3, -0.25) is 4.79 Å². The Morgan fingerprint density at radius 2 is 1.63 bits per heavy atom. The number of nitrogens with two attached hydrogens (primary N) is 2. The number of carbonyl (C=O) groups is 1. The molecular weight excluding hydrogens is 238 g/mol. The fraction of sp³-hybridized carbons (Fsp3) is 0.533. The van der Waals surface area contributed by atoms with E-state index < -0.39 is 0 Å². The lowest BCUT2D eigenvalue weighted by atomic mass is 9.96. The van der Waals surface area contributed by atoms with E-state index in [4.69, 9.17) is 11.5 Å². The molecule has 1 heterocycles. The van der Waals surface area contributed by atoms with Crippen molar-refractivity contribution in [3.05, 3.63) is 23.3 Å². The highest BCUT2D eigenvalue weighted by atomic mass is 16.2. The number of benzene rings is 1. The fourth-order valence-corrected chi connectivity index (χ4v) is 2.85. The topological polar surface area (TPSA) is 72.4 Å². The third-order valence-corrected chi connectivity index (χ3v) is 4.16. The Morgan fingerprint density at radius 1 is 1.16 bits per heavy atom. The first-order valence-electron chi connectivity index (χ1n) is 6.90. The molecule has 19 heavy (non-hydrogen) atoms. The molecule has 1 aliphatic heterocycles. The van der Waals surface area contributed by atoms with Gasteiger partial charge >= 0.3 is 0 Å². The van der Waals surface area contributed by atoms with Crippen molar-refractivity contribution >= 4 is 17.3 Å². The summed E-state index contributed by atoms with van der Waals surface area (Å²) >= 11 is 0. The van der Waals surface area contributed by atoms with Crippen LogP contribution in [-0.4, -0.2) is 22.9 Å². The first-order valence-corrected chi connectivity index (χ1v) is 6.90. The fourth-order valence-electron chi connectivity index (χ4n) is 2.85. The molecule has 0 radical (unpaired) electrons. The largest absolute Gasteiger partial charge is 0.398 e. The Balaban J connectivity index is 2.33. The zero-order chi connectivity index (χ0) is 14.2. The zero-order valence-electron chi connectivity index (χ0n) is 11.9. The Morgan fingerprint density at radius 3 is 2.11 bits per heavy atom. The third-order valence-electron chi connectivity index (χ3n) is 4.16. The van der Waals surface area contributed by atoms with Crippen LogP contribution in [0.25, 0.3) is 0 Å². The molecule has 0 bridgehead atoms. The minimum atomic E-state index is 0.0399. The maximum atomic E-state index is 12.7. The quantitative estimate of drug-likeness (QED) is 0.763. The van der Waals surface area contributed by atoms with Gasteiger partial charge in [-0.15, -0.1) is 0 Å². The molecule has 1 amide bonds. The van der Waals surface area contributed by atoms with Crippen LogP contribution in [0.2, 0.25) is 0 Å². The van der Waals surface area contributed by atoms with Crippen LogP contribution in [0.3, 0.4) is 0 Å². The SMILES string of the molecule is Cc1c(N)cc(C(=O)N2[C@H](C)CCC[C@@H]2C)cc1N. The number of carbonyl (C=O) groups excluding carboxylic acids is 1. The van der Waals surface area contributed by atoms with E-state index in [9.17, 15) is 4.79 Å². The monoisotopic (exact) mass is 261 g/mol. The smallest absolute Gasteiger partial charge is 0.254 e. The van der Waals surface area contributed by atoms with Crippen LogP contribution < -0.4 is 11.5 Å². The average molecular weight is 261 g/mol. The molecule has 4 N–H and O–H groups in total. The summed E-state index contributed by atoms with van der Waals surface area (Å²) in [5, 5.41) is 0. The van der Waals surface area contributed by atoms with Gasteiger partial charge in [0.1, 0.15) is 0 Å². The van der Waals surface area contributed by atoms with E-state index in [0.717, 1.165) is 18.4 Å². The van der Waals surface area contributed by atoms with Gasteiger partial charge in [0, 0.05) is 29.0 Å². The molecule has 4 heteroatoms. The van der Waals surface area contributed by atoms with Crippen molar-refractivity contribution in [3.63, 3.8) is 0 Å². The molecule has 0 spiro atoms. The molecule has 1 aromatic rings. The first kappa shape index (κ1) is 13.7. The van der Waals surface area contributed by atoms with Gasteiger partial charge in [-0.1, -0.05) is 0 Å². The van der Waals surface area contributed by atoms with E-state index in [0.29, 0.717) is 16.9 Å². The summed E-state index contributed by atoms with van der Waals surface area (Å²) < 4.78 is 0. The van der Waals surface area contributed by atoms with Crippen molar-refractivity contribution in [1.29, 1.82) is 0 Å². The van der Waals surface area contributed by atoms with Crippen LogP contribution in [0.1, 0.15) is 49.0 Å². The standard InChI is InChI=1S/C15H23N3O/c1-9-5-4-6-10(2)18(9)15(19)12-7-13(16)11(3)14(17)8-12/h7-10H,4-6,16-17H2,1-3H3/t9-,10+. The molecule has 1 fully saturated rings. The average Bonchev–Trinajstić information content (AvgIpc) is 2.35. The third kappa shape index (κ3) is 2.53.